The van der Waals surface area contributed by atoms with E-state index < -0.39 is 11.9 Å². The lowest BCUT2D eigenvalue weighted by Crippen LogP contribution is -2.17. The van der Waals surface area contributed by atoms with Gasteiger partial charge in [-0.05, 0) is 30.5 Å². The van der Waals surface area contributed by atoms with E-state index in [1.165, 1.54) is 0 Å². The zero-order valence-electron chi connectivity index (χ0n) is 11.3. The van der Waals surface area contributed by atoms with Crippen LogP contribution < -0.4 is 0 Å². The summed E-state index contributed by atoms with van der Waals surface area (Å²) >= 11 is 3.43. The molecule has 1 heterocycles. The number of carboxylic acid groups (broad SMARTS) is 1. The Morgan fingerprint density at radius 1 is 1.43 bits per heavy atom. The normalized spacial score (nSPS) is 21.6. The van der Waals surface area contributed by atoms with Gasteiger partial charge in [0, 0.05) is 10.9 Å². The molecule has 0 radical (unpaired) electrons. The second-order valence-corrected chi connectivity index (χ2v) is 6.25. The Bertz CT molecular complexity index is 656. The number of carboxylic acids is 1. The number of rotatable bonds is 4. The maximum Gasteiger partial charge on any atom is 0.307 e. The summed E-state index contributed by atoms with van der Waals surface area (Å²) in [6, 6.07) is 7.92. The SMILES string of the molecule is O=C(O)C1CCCC1c1nc(Cc2cccc(Br)c2)no1. The molecule has 0 saturated heterocycles. The van der Waals surface area contributed by atoms with E-state index in [9.17, 15) is 9.90 Å². The van der Waals surface area contributed by atoms with Crippen molar-refractivity contribution < 1.29 is 14.4 Å². The fourth-order valence-corrected chi connectivity index (χ4v) is 3.32. The van der Waals surface area contributed by atoms with E-state index in [0.29, 0.717) is 24.6 Å². The smallest absolute Gasteiger partial charge is 0.307 e. The van der Waals surface area contributed by atoms with Crippen molar-refractivity contribution in [3.63, 3.8) is 0 Å². The first-order valence-electron chi connectivity index (χ1n) is 6.93. The molecule has 0 aliphatic heterocycles. The summed E-state index contributed by atoms with van der Waals surface area (Å²) < 4.78 is 6.30. The van der Waals surface area contributed by atoms with E-state index in [0.717, 1.165) is 22.9 Å². The monoisotopic (exact) mass is 350 g/mol. The third-order valence-corrected chi connectivity index (χ3v) is 4.38. The molecule has 6 heteroatoms. The van der Waals surface area contributed by atoms with Crippen LogP contribution in [0.1, 0.15) is 42.5 Å². The minimum atomic E-state index is -0.774. The summed E-state index contributed by atoms with van der Waals surface area (Å²) in [4.78, 5) is 15.6. The van der Waals surface area contributed by atoms with Crippen molar-refractivity contribution >= 4 is 21.9 Å². The van der Waals surface area contributed by atoms with Crippen LogP contribution >= 0.6 is 15.9 Å². The van der Waals surface area contributed by atoms with Gasteiger partial charge in [0.15, 0.2) is 5.82 Å². The van der Waals surface area contributed by atoms with Crippen molar-refractivity contribution in [3.8, 4) is 0 Å². The lowest BCUT2D eigenvalue weighted by molar-refractivity contribution is -0.142. The van der Waals surface area contributed by atoms with E-state index in [4.69, 9.17) is 4.52 Å². The summed E-state index contributed by atoms with van der Waals surface area (Å²) in [6.45, 7) is 0. The highest BCUT2D eigenvalue weighted by molar-refractivity contribution is 9.10. The van der Waals surface area contributed by atoms with Gasteiger partial charge in [-0.1, -0.05) is 39.6 Å². The zero-order chi connectivity index (χ0) is 14.8. The van der Waals surface area contributed by atoms with E-state index in [2.05, 4.69) is 26.1 Å². The van der Waals surface area contributed by atoms with Crippen LogP contribution in [-0.2, 0) is 11.2 Å². The highest BCUT2D eigenvalue weighted by Gasteiger charge is 2.37. The summed E-state index contributed by atoms with van der Waals surface area (Å²) in [6.07, 6.45) is 2.96. The Labute approximate surface area is 130 Å². The molecule has 5 nitrogen and oxygen atoms in total. The number of benzene rings is 1. The summed E-state index contributed by atoms with van der Waals surface area (Å²) in [5, 5.41) is 13.2. The van der Waals surface area contributed by atoms with Crippen molar-refractivity contribution in [2.75, 3.05) is 0 Å². The van der Waals surface area contributed by atoms with E-state index in [1.807, 2.05) is 24.3 Å². The number of hydrogen-bond donors (Lipinski definition) is 1. The average Bonchev–Trinajstić information content (AvgIpc) is 3.06. The summed E-state index contributed by atoms with van der Waals surface area (Å²) in [7, 11) is 0. The largest absolute Gasteiger partial charge is 0.481 e. The van der Waals surface area contributed by atoms with Gasteiger partial charge in [-0.25, -0.2) is 0 Å². The summed E-state index contributed by atoms with van der Waals surface area (Å²) in [5.41, 5.74) is 1.08. The molecule has 0 bridgehead atoms. The Morgan fingerprint density at radius 3 is 3.05 bits per heavy atom. The average molecular weight is 351 g/mol. The van der Waals surface area contributed by atoms with Gasteiger partial charge in [-0.2, -0.15) is 4.98 Å². The van der Waals surface area contributed by atoms with Crippen molar-refractivity contribution in [2.45, 2.75) is 31.6 Å². The Balaban J connectivity index is 1.76. The Kier molecular flexibility index (Phi) is 4.05. The van der Waals surface area contributed by atoms with Gasteiger partial charge < -0.3 is 9.63 Å². The zero-order valence-corrected chi connectivity index (χ0v) is 12.9. The molecule has 1 aromatic heterocycles. The standard InChI is InChI=1S/C15H15BrN2O3/c16-10-4-1-3-9(7-10)8-13-17-14(21-18-13)11-5-2-6-12(11)15(19)20/h1,3-4,7,11-12H,2,5-6,8H2,(H,19,20). The maximum atomic E-state index is 11.2. The Morgan fingerprint density at radius 2 is 2.29 bits per heavy atom. The van der Waals surface area contributed by atoms with Crippen LogP contribution in [0, 0.1) is 5.92 Å². The highest BCUT2D eigenvalue weighted by atomic mass is 79.9. The lowest BCUT2D eigenvalue weighted by Gasteiger charge is -2.10. The molecule has 2 aromatic rings. The Hall–Kier alpha value is -1.69. The van der Waals surface area contributed by atoms with E-state index in [-0.39, 0.29) is 5.92 Å². The van der Waals surface area contributed by atoms with Gasteiger partial charge in [-0.15, -0.1) is 0 Å². The van der Waals surface area contributed by atoms with Gasteiger partial charge >= 0.3 is 5.97 Å². The molecule has 0 amide bonds. The molecule has 110 valence electrons. The molecule has 1 aromatic carbocycles. The van der Waals surface area contributed by atoms with Gasteiger partial charge in [0.2, 0.25) is 5.89 Å². The molecule has 3 rings (SSSR count). The minimum absolute atomic E-state index is 0.147. The van der Waals surface area contributed by atoms with Gasteiger partial charge in [0.05, 0.1) is 11.8 Å². The maximum absolute atomic E-state index is 11.2. The second kappa shape index (κ2) is 5.97. The fraction of sp³-hybridized carbons (Fsp3) is 0.400. The molecule has 1 N–H and O–H groups in total. The van der Waals surface area contributed by atoms with E-state index in [1.54, 1.807) is 0 Å². The third-order valence-electron chi connectivity index (χ3n) is 3.89. The number of nitrogens with zero attached hydrogens (tertiary/aromatic N) is 2. The fourth-order valence-electron chi connectivity index (χ4n) is 2.87. The first kappa shape index (κ1) is 14.3. The van der Waals surface area contributed by atoms with Crippen LogP contribution in [0.4, 0.5) is 0 Å². The molecule has 2 atom stereocenters. The number of carbonyl (C=O) groups is 1. The molecule has 2 unspecified atom stereocenters. The summed E-state index contributed by atoms with van der Waals surface area (Å²) in [5.74, 6) is -0.260. The molecular weight excluding hydrogens is 336 g/mol. The number of hydrogen-bond acceptors (Lipinski definition) is 4. The molecule has 1 fully saturated rings. The van der Waals surface area contributed by atoms with Crippen LogP contribution in [0.25, 0.3) is 0 Å². The van der Waals surface area contributed by atoms with Crippen molar-refractivity contribution in [1.29, 1.82) is 0 Å². The van der Waals surface area contributed by atoms with Crippen LogP contribution in [0.2, 0.25) is 0 Å². The van der Waals surface area contributed by atoms with Gasteiger partial charge in [0.25, 0.3) is 0 Å². The lowest BCUT2D eigenvalue weighted by atomic mass is 9.96. The molecule has 1 aliphatic rings. The van der Waals surface area contributed by atoms with Crippen molar-refractivity contribution in [2.24, 2.45) is 5.92 Å². The molecular formula is C15H15BrN2O3. The molecule has 21 heavy (non-hydrogen) atoms. The highest BCUT2D eigenvalue weighted by Crippen LogP contribution is 2.39. The van der Waals surface area contributed by atoms with Gasteiger partial charge in [-0.3, -0.25) is 4.79 Å². The predicted molar refractivity (Wildman–Crippen MR) is 79.0 cm³/mol. The minimum Gasteiger partial charge on any atom is -0.481 e. The topological polar surface area (TPSA) is 76.2 Å². The second-order valence-electron chi connectivity index (χ2n) is 5.34. The molecule has 1 saturated carbocycles. The van der Waals surface area contributed by atoms with Crippen molar-refractivity contribution in [3.05, 3.63) is 46.0 Å². The van der Waals surface area contributed by atoms with Crippen LogP contribution in [0.3, 0.4) is 0 Å². The number of aliphatic carboxylic acids is 1. The van der Waals surface area contributed by atoms with Crippen LogP contribution in [0.5, 0.6) is 0 Å². The van der Waals surface area contributed by atoms with E-state index >= 15 is 0 Å². The van der Waals surface area contributed by atoms with Gasteiger partial charge in [0.1, 0.15) is 0 Å². The molecule has 1 aliphatic carbocycles. The molecule has 0 spiro atoms. The van der Waals surface area contributed by atoms with Crippen molar-refractivity contribution in [1.82, 2.24) is 10.1 Å². The first-order valence-corrected chi connectivity index (χ1v) is 7.72. The number of aromatic nitrogens is 2. The van der Waals surface area contributed by atoms with Crippen LogP contribution in [-0.4, -0.2) is 21.2 Å². The third kappa shape index (κ3) is 3.15. The number of halogens is 1. The first-order chi connectivity index (χ1) is 10.1. The van der Waals surface area contributed by atoms with Crippen LogP contribution in [0.15, 0.2) is 33.3 Å². The predicted octanol–water partition coefficient (Wildman–Crippen LogP) is 3.39. The quantitative estimate of drug-likeness (QED) is 0.914.